The number of carbonyl (C=O) groups excluding carboxylic acids is 2. The Bertz CT molecular complexity index is 602. The molecular formula is C22H32O5. The molecule has 1 aliphatic carbocycles. The van der Waals surface area contributed by atoms with Gasteiger partial charge in [-0.05, 0) is 56.1 Å². The van der Waals surface area contributed by atoms with E-state index in [1.165, 1.54) is 18.9 Å². The highest BCUT2D eigenvalue weighted by Gasteiger charge is 2.24. The number of benzene rings is 1. The molecule has 0 radical (unpaired) electrons. The molecule has 0 amide bonds. The van der Waals surface area contributed by atoms with Crippen molar-refractivity contribution in [2.75, 3.05) is 0 Å². The molecule has 0 bridgehead atoms. The molecule has 0 N–H and O–H groups in total. The third kappa shape index (κ3) is 7.24. The van der Waals surface area contributed by atoms with Crippen LogP contribution < -0.4 is 0 Å². The standard InChI is InChI=1S/C22H32O5/c1-15(2)14-18-10-12-19(13-11-18)16(3)21(23)25-17(4)26-22(24)27-20-8-6-5-7-9-20/h10-13,15-17,20H,5-9,14H2,1-4H3. The first-order valence-electron chi connectivity index (χ1n) is 10.0. The van der Waals surface area contributed by atoms with Gasteiger partial charge in [-0.3, -0.25) is 4.79 Å². The van der Waals surface area contributed by atoms with Gasteiger partial charge in [-0.15, -0.1) is 0 Å². The van der Waals surface area contributed by atoms with E-state index in [0.717, 1.165) is 37.7 Å². The van der Waals surface area contributed by atoms with Crippen molar-refractivity contribution in [1.82, 2.24) is 0 Å². The van der Waals surface area contributed by atoms with Crippen LogP contribution in [0, 0.1) is 5.92 Å². The van der Waals surface area contributed by atoms with E-state index in [1.807, 2.05) is 24.3 Å². The van der Waals surface area contributed by atoms with E-state index in [0.29, 0.717) is 5.92 Å². The van der Waals surface area contributed by atoms with Gasteiger partial charge in [0, 0.05) is 6.92 Å². The van der Waals surface area contributed by atoms with Crippen LogP contribution in [0.2, 0.25) is 0 Å². The number of ether oxygens (including phenoxy) is 3. The number of hydrogen-bond donors (Lipinski definition) is 0. The molecule has 1 aliphatic rings. The summed E-state index contributed by atoms with van der Waals surface area (Å²) in [4.78, 5) is 24.2. The highest BCUT2D eigenvalue weighted by Crippen LogP contribution is 2.22. The SMILES string of the molecule is CC(C)Cc1ccc(C(C)C(=O)OC(C)OC(=O)OC2CCCCC2)cc1. The van der Waals surface area contributed by atoms with Gasteiger partial charge in [0.2, 0.25) is 6.29 Å². The van der Waals surface area contributed by atoms with E-state index in [1.54, 1.807) is 6.92 Å². The summed E-state index contributed by atoms with van der Waals surface area (Å²) in [5.74, 6) is -0.271. The van der Waals surface area contributed by atoms with Gasteiger partial charge in [0.15, 0.2) is 0 Å². The van der Waals surface area contributed by atoms with Crippen molar-refractivity contribution in [2.45, 2.75) is 84.5 Å². The highest BCUT2D eigenvalue weighted by molar-refractivity contribution is 5.77. The zero-order valence-corrected chi connectivity index (χ0v) is 16.9. The van der Waals surface area contributed by atoms with E-state index in [-0.39, 0.29) is 6.10 Å². The summed E-state index contributed by atoms with van der Waals surface area (Å²) < 4.78 is 15.6. The minimum absolute atomic E-state index is 0.0857. The van der Waals surface area contributed by atoms with Gasteiger partial charge in [-0.2, -0.15) is 0 Å². The molecule has 1 aromatic rings. The molecule has 0 saturated heterocycles. The van der Waals surface area contributed by atoms with Crippen molar-refractivity contribution in [3.63, 3.8) is 0 Å². The lowest BCUT2D eigenvalue weighted by molar-refractivity contribution is -0.170. The molecule has 0 aromatic heterocycles. The highest BCUT2D eigenvalue weighted by atomic mass is 16.8. The van der Waals surface area contributed by atoms with E-state index in [4.69, 9.17) is 14.2 Å². The predicted octanol–water partition coefficient (Wildman–Crippen LogP) is 5.36. The van der Waals surface area contributed by atoms with Gasteiger partial charge < -0.3 is 14.2 Å². The minimum atomic E-state index is -0.976. The molecule has 1 saturated carbocycles. The van der Waals surface area contributed by atoms with Crippen LogP contribution in [0.15, 0.2) is 24.3 Å². The molecule has 2 rings (SSSR count). The second-order valence-corrected chi connectivity index (χ2v) is 7.81. The fourth-order valence-electron chi connectivity index (χ4n) is 3.32. The van der Waals surface area contributed by atoms with E-state index in [2.05, 4.69) is 13.8 Å². The first-order chi connectivity index (χ1) is 12.8. The van der Waals surface area contributed by atoms with Gasteiger partial charge in [0.1, 0.15) is 6.10 Å². The van der Waals surface area contributed by atoms with Gasteiger partial charge in [-0.1, -0.05) is 44.5 Å². The third-order valence-electron chi connectivity index (χ3n) is 4.84. The zero-order chi connectivity index (χ0) is 19.8. The molecule has 5 heteroatoms. The largest absolute Gasteiger partial charge is 0.511 e. The predicted molar refractivity (Wildman–Crippen MR) is 103 cm³/mol. The quantitative estimate of drug-likeness (QED) is 0.473. The Morgan fingerprint density at radius 2 is 1.59 bits per heavy atom. The smallest absolute Gasteiger partial charge is 0.431 e. The maximum absolute atomic E-state index is 12.3. The fourth-order valence-corrected chi connectivity index (χ4v) is 3.32. The summed E-state index contributed by atoms with van der Waals surface area (Å²) in [6.07, 6.45) is 4.22. The number of hydrogen-bond acceptors (Lipinski definition) is 5. The normalized spacial score (nSPS) is 17.2. The minimum Gasteiger partial charge on any atom is -0.431 e. The molecule has 150 valence electrons. The third-order valence-corrected chi connectivity index (χ3v) is 4.84. The van der Waals surface area contributed by atoms with Crippen LogP contribution in [0.4, 0.5) is 4.79 Å². The van der Waals surface area contributed by atoms with Crippen molar-refractivity contribution in [3.8, 4) is 0 Å². The Hall–Kier alpha value is -2.04. The maximum atomic E-state index is 12.3. The maximum Gasteiger partial charge on any atom is 0.511 e. The van der Waals surface area contributed by atoms with E-state index >= 15 is 0 Å². The average Bonchev–Trinajstić information content (AvgIpc) is 2.61. The summed E-state index contributed by atoms with van der Waals surface area (Å²) in [5, 5.41) is 0. The monoisotopic (exact) mass is 376 g/mol. The second-order valence-electron chi connectivity index (χ2n) is 7.81. The van der Waals surface area contributed by atoms with Gasteiger partial charge in [0.25, 0.3) is 0 Å². The zero-order valence-electron chi connectivity index (χ0n) is 16.9. The molecule has 0 heterocycles. The van der Waals surface area contributed by atoms with Gasteiger partial charge >= 0.3 is 12.1 Å². The summed E-state index contributed by atoms with van der Waals surface area (Å²) in [6, 6.07) is 7.99. The van der Waals surface area contributed by atoms with Crippen LogP contribution in [0.5, 0.6) is 0 Å². The summed E-state index contributed by atoms with van der Waals surface area (Å²) >= 11 is 0. The van der Waals surface area contributed by atoms with E-state index < -0.39 is 24.3 Å². The summed E-state index contributed by atoms with van der Waals surface area (Å²) in [5.41, 5.74) is 2.13. The Morgan fingerprint density at radius 1 is 0.963 bits per heavy atom. The number of carbonyl (C=O) groups is 2. The van der Waals surface area contributed by atoms with Crippen LogP contribution in [0.25, 0.3) is 0 Å². The number of esters is 1. The lowest BCUT2D eigenvalue weighted by Gasteiger charge is -2.23. The first kappa shape index (κ1) is 21.3. The molecule has 2 atom stereocenters. The topological polar surface area (TPSA) is 61.8 Å². The Balaban J connectivity index is 1.79. The molecule has 0 spiro atoms. The van der Waals surface area contributed by atoms with Crippen molar-refractivity contribution < 1.29 is 23.8 Å². The fraction of sp³-hybridized carbons (Fsp3) is 0.636. The second kappa shape index (κ2) is 10.3. The van der Waals surface area contributed by atoms with Crippen LogP contribution in [-0.2, 0) is 25.4 Å². The van der Waals surface area contributed by atoms with Crippen LogP contribution in [0.3, 0.4) is 0 Å². The average molecular weight is 376 g/mol. The molecule has 0 aliphatic heterocycles. The first-order valence-corrected chi connectivity index (χ1v) is 10.0. The summed E-state index contributed by atoms with van der Waals surface area (Å²) in [6.45, 7) is 7.66. The Kier molecular flexibility index (Phi) is 8.14. The molecular weight excluding hydrogens is 344 g/mol. The molecule has 27 heavy (non-hydrogen) atoms. The molecule has 2 unspecified atom stereocenters. The van der Waals surface area contributed by atoms with Crippen molar-refractivity contribution in [3.05, 3.63) is 35.4 Å². The van der Waals surface area contributed by atoms with E-state index in [9.17, 15) is 9.59 Å². The molecule has 5 nitrogen and oxygen atoms in total. The van der Waals surface area contributed by atoms with Crippen LogP contribution >= 0.6 is 0 Å². The van der Waals surface area contributed by atoms with Gasteiger partial charge in [0.05, 0.1) is 5.92 Å². The van der Waals surface area contributed by atoms with Crippen molar-refractivity contribution in [2.24, 2.45) is 5.92 Å². The lowest BCUT2D eigenvalue weighted by Crippen LogP contribution is -2.27. The number of rotatable bonds is 7. The summed E-state index contributed by atoms with van der Waals surface area (Å²) in [7, 11) is 0. The van der Waals surface area contributed by atoms with Gasteiger partial charge in [-0.25, -0.2) is 4.79 Å². The Morgan fingerprint density at radius 3 is 2.19 bits per heavy atom. The van der Waals surface area contributed by atoms with Crippen LogP contribution in [-0.4, -0.2) is 24.5 Å². The van der Waals surface area contributed by atoms with Crippen LogP contribution in [0.1, 0.15) is 76.8 Å². The van der Waals surface area contributed by atoms with Crippen molar-refractivity contribution in [1.29, 1.82) is 0 Å². The Labute approximate surface area is 162 Å². The molecule has 1 fully saturated rings. The molecule has 1 aromatic carbocycles. The van der Waals surface area contributed by atoms with Crippen molar-refractivity contribution >= 4 is 12.1 Å². The lowest BCUT2D eigenvalue weighted by atomic mass is 9.97.